The van der Waals surface area contributed by atoms with Crippen molar-refractivity contribution in [3.8, 4) is 0 Å². The number of amides is 1. The molecule has 0 radical (unpaired) electrons. The van der Waals surface area contributed by atoms with Crippen molar-refractivity contribution in [2.45, 2.75) is 19.4 Å². The Morgan fingerprint density at radius 1 is 1.08 bits per heavy atom. The van der Waals surface area contributed by atoms with E-state index in [1.807, 2.05) is 23.2 Å². The Morgan fingerprint density at radius 2 is 1.88 bits per heavy atom. The summed E-state index contributed by atoms with van der Waals surface area (Å²) < 4.78 is 13.2. The third kappa shape index (κ3) is 4.61. The molecule has 5 heteroatoms. The molecule has 2 heterocycles. The first-order chi connectivity index (χ1) is 11.7. The number of carbonyl (C=O) groups excluding carboxylic acids is 1. The van der Waals surface area contributed by atoms with Crippen molar-refractivity contribution in [2.75, 3.05) is 26.2 Å². The number of halogens is 1. The number of carbonyl (C=O) groups is 1. The third-order valence-electron chi connectivity index (χ3n) is 4.37. The van der Waals surface area contributed by atoms with Crippen molar-refractivity contribution < 1.29 is 9.18 Å². The Hall–Kier alpha value is -2.27. The van der Waals surface area contributed by atoms with Gasteiger partial charge in [-0.3, -0.25) is 14.7 Å². The lowest BCUT2D eigenvalue weighted by Gasteiger charge is -2.34. The second-order valence-electron chi connectivity index (χ2n) is 6.15. The van der Waals surface area contributed by atoms with Crippen LogP contribution in [0, 0.1) is 5.82 Å². The van der Waals surface area contributed by atoms with Gasteiger partial charge < -0.3 is 4.90 Å². The van der Waals surface area contributed by atoms with E-state index in [0.29, 0.717) is 12.8 Å². The largest absolute Gasteiger partial charge is 0.340 e. The Balaban J connectivity index is 1.43. The van der Waals surface area contributed by atoms with Gasteiger partial charge in [-0.2, -0.15) is 0 Å². The summed E-state index contributed by atoms with van der Waals surface area (Å²) in [4.78, 5) is 20.7. The number of benzene rings is 1. The maximum absolute atomic E-state index is 13.2. The molecule has 2 aromatic rings. The van der Waals surface area contributed by atoms with Crippen LogP contribution >= 0.6 is 0 Å². The lowest BCUT2D eigenvalue weighted by Crippen LogP contribution is -2.48. The van der Waals surface area contributed by atoms with Gasteiger partial charge in [0.05, 0.1) is 0 Å². The standard InChI is InChI=1S/C19H22FN3O/c20-18-5-1-3-16(13-18)6-7-19(24)23-11-9-22(10-12-23)15-17-4-2-8-21-14-17/h1-5,8,13-14H,6-7,9-12,15H2. The van der Waals surface area contributed by atoms with E-state index in [2.05, 4.69) is 16.0 Å². The van der Waals surface area contributed by atoms with E-state index in [1.54, 1.807) is 12.3 Å². The average Bonchev–Trinajstić information content (AvgIpc) is 2.61. The first-order valence-corrected chi connectivity index (χ1v) is 8.34. The fourth-order valence-electron chi connectivity index (χ4n) is 3.01. The molecule has 0 aliphatic carbocycles. The number of aryl methyl sites for hydroxylation is 1. The molecule has 1 fully saturated rings. The van der Waals surface area contributed by atoms with Crippen molar-refractivity contribution >= 4 is 5.91 Å². The summed E-state index contributed by atoms with van der Waals surface area (Å²) >= 11 is 0. The van der Waals surface area contributed by atoms with Crippen LogP contribution in [0.2, 0.25) is 0 Å². The van der Waals surface area contributed by atoms with E-state index in [1.165, 1.54) is 17.7 Å². The number of rotatable bonds is 5. The predicted octanol–water partition coefficient (Wildman–Crippen LogP) is 2.50. The van der Waals surface area contributed by atoms with Gasteiger partial charge in [-0.25, -0.2) is 4.39 Å². The van der Waals surface area contributed by atoms with Crippen LogP contribution in [0.3, 0.4) is 0 Å². The number of piperazine rings is 1. The molecule has 0 bridgehead atoms. The van der Waals surface area contributed by atoms with Crippen molar-refractivity contribution in [1.82, 2.24) is 14.8 Å². The minimum absolute atomic E-state index is 0.153. The number of nitrogens with zero attached hydrogens (tertiary/aromatic N) is 3. The van der Waals surface area contributed by atoms with Crippen LogP contribution in [-0.2, 0) is 17.8 Å². The molecule has 1 aliphatic rings. The number of aromatic nitrogens is 1. The van der Waals surface area contributed by atoms with Gasteiger partial charge in [-0.05, 0) is 35.7 Å². The minimum atomic E-state index is -0.246. The van der Waals surface area contributed by atoms with E-state index < -0.39 is 0 Å². The second kappa shape index (κ2) is 8.02. The minimum Gasteiger partial charge on any atom is -0.340 e. The molecule has 0 saturated carbocycles. The summed E-state index contributed by atoms with van der Waals surface area (Å²) in [5.41, 5.74) is 2.07. The van der Waals surface area contributed by atoms with Gasteiger partial charge in [-0.15, -0.1) is 0 Å². The van der Waals surface area contributed by atoms with Crippen molar-refractivity contribution in [2.24, 2.45) is 0 Å². The Kier molecular flexibility index (Phi) is 5.54. The highest BCUT2D eigenvalue weighted by Gasteiger charge is 2.20. The molecule has 0 N–H and O–H groups in total. The molecule has 0 unspecified atom stereocenters. The van der Waals surface area contributed by atoms with Crippen molar-refractivity contribution in [1.29, 1.82) is 0 Å². The molecule has 0 spiro atoms. The van der Waals surface area contributed by atoms with Gasteiger partial charge in [0.2, 0.25) is 5.91 Å². The summed E-state index contributed by atoms with van der Waals surface area (Å²) in [6.07, 6.45) is 4.69. The lowest BCUT2D eigenvalue weighted by atomic mass is 10.1. The van der Waals surface area contributed by atoms with Crippen LogP contribution < -0.4 is 0 Å². The van der Waals surface area contributed by atoms with Crippen LogP contribution in [0.5, 0.6) is 0 Å². The summed E-state index contributed by atoms with van der Waals surface area (Å²) in [6, 6.07) is 10.5. The first kappa shape index (κ1) is 16.6. The van der Waals surface area contributed by atoms with Crippen LogP contribution in [0.15, 0.2) is 48.8 Å². The quantitative estimate of drug-likeness (QED) is 0.847. The maximum Gasteiger partial charge on any atom is 0.222 e. The topological polar surface area (TPSA) is 36.4 Å². The van der Waals surface area contributed by atoms with Gasteiger partial charge in [0.15, 0.2) is 0 Å². The molecule has 3 rings (SSSR count). The summed E-state index contributed by atoms with van der Waals surface area (Å²) in [7, 11) is 0. The van der Waals surface area contributed by atoms with Gasteiger partial charge >= 0.3 is 0 Å². The SMILES string of the molecule is O=C(CCc1cccc(F)c1)N1CCN(Cc2cccnc2)CC1. The van der Waals surface area contributed by atoms with E-state index in [9.17, 15) is 9.18 Å². The van der Waals surface area contributed by atoms with Crippen LogP contribution in [-0.4, -0.2) is 46.9 Å². The van der Waals surface area contributed by atoms with Gasteiger partial charge in [0, 0.05) is 51.5 Å². The molecule has 126 valence electrons. The second-order valence-corrected chi connectivity index (χ2v) is 6.15. The number of pyridine rings is 1. The molecule has 24 heavy (non-hydrogen) atoms. The maximum atomic E-state index is 13.2. The smallest absolute Gasteiger partial charge is 0.222 e. The third-order valence-corrected chi connectivity index (χ3v) is 4.37. The molecule has 0 atom stereocenters. The highest BCUT2D eigenvalue weighted by molar-refractivity contribution is 5.76. The monoisotopic (exact) mass is 327 g/mol. The number of hydrogen-bond acceptors (Lipinski definition) is 3. The highest BCUT2D eigenvalue weighted by atomic mass is 19.1. The molecule has 1 aromatic carbocycles. The molecular weight excluding hydrogens is 305 g/mol. The molecule has 1 aliphatic heterocycles. The fourth-order valence-corrected chi connectivity index (χ4v) is 3.01. The Bertz CT molecular complexity index is 669. The predicted molar refractivity (Wildman–Crippen MR) is 90.8 cm³/mol. The van der Waals surface area contributed by atoms with Crippen molar-refractivity contribution in [3.05, 3.63) is 65.7 Å². The van der Waals surface area contributed by atoms with Gasteiger partial charge in [-0.1, -0.05) is 18.2 Å². The molecule has 1 amide bonds. The first-order valence-electron chi connectivity index (χ1n) is 8.34. The van der Waals surface area contributed by atoms with Gasteiger partial charge in [0.25, 0.3) is 0 Å². The molecular formula is C19H22FN3O. The van der Waals surface area contributed by atoms with E-state index >= 15 is 0 Å². The highest BCUT2D eigenvalue weighted by Crippen LogP contribution is 2.11. The van der Waals surface area contributed by atoms with Crippen LogP contribution in [0.25, 0.3) is 0 Å². The summed E-state index contributed by atoms with van der Waals surface area (Å²) in [6.45, 7) is 4.13. The van der Waals surface area contributed by atoms with Gasteiger partial charge in [0.1, 0.15) is 5.82 Å². The Labute approximate surface area is 141 Å². The van der Waals surface area contributed by atoms with E-state index in [-0.39, 0.29) is 11.7 Å². The zero-order valence-corrected chi connectivity index (χ0v) is 13.7. The lowest BCUT2D eigenvalue weighted by molar-refractivity contribution is -0.133. The molecule has 1 saturated heterocycles. The molecule has 4 nitrogen and oxygen atoms in total. The van der Waals surface area contributed by atoms with Crippen LogP contribution in [0.4, 0.5) is 4.39 Å². The van der Waals surface area contributed by atoms with E-state index in [4.69, 9.17) is 0 Å². The zero-order chi connectivity index (χ0) is 16.8. The van der Waals surface area contributed by atoms with E-state index in [0.717, 1.165) is 38.3 Å². The molecule has 1 aromatic heterocycles. The Morgan fingerprint density at radius 3 is 2.58 bits per heavy atom. The summed E-state index contributed by atoms with van der Waals surface area (Å²) in [5, 5.41) is 0. The summed E-state index contributed by atoms with van der Waals surface area (Å²) in [5.74, 6) is -0.0933. The normalized spacial score (nSPS) is 15.5. The van der Waals surface area contributed by atoms with Crippen LogP contribution in [0.1, 0.15) is 17.5 Å². The number of hydrogen-bond donors (Lipinski definition) is 0. The zero-order valence-electron chi connectivity index (χ0n) is 13.7. The van der Waals surface area contributed by atoms with Crippen molar-refractivity contribution in [3.63, 3.8) is 0 Å². The fraction of sp³-hybridized carbons (Fsp3) is 0.368. The average molecular weight is 327 g/mol.